The Morgan fingerprint density at radius 1 is 0.690 bits per heavy atom. The minimum Gasteiger partial charge on any atom is -0.361 e. The van der Waals surface area contributed by atoms with E-state index in [0.717, 1.165) is 29.8 Å². The second-order valence-corrected chi connectivity index (χ2v) is 29.7. The molecule has 0 aliphatic carbocycles. The molecule has 0 radical (unpaired) electrons. The molecule has 7 rings (SSSR count). The van der Waals surface area contributed by atoms with Gasteiger partial charge in [0.15, 0.2) is 19.7 Å². The molecule has 58 heavy (non-hydrogen) atoms. The van der Waals surface area contributed by atoms with Gasteiger partial charge in [0, 0.05) is 60.0 Å². The molecule has 0 spiro atoms. The van der Waals surface area contributed by atoms with E-state index in [2.05, 4.69) is 112 Å². The number of aryl methyl sites for hydroxylation is 1. The second kappa shape index (κ2) is 19.8. The van der Waals surface area contributed by atoms with Crippen LogP contribution in [0.5, 0.6) is 0 Å². The number of benzene rings is 1. The van der Waals surface area contributed by atoms with Gasteiger partial charge < -0.3 is 28.6 Å². The second-order valence-electron chi connectivity index (χ2n) is 15.9. The summed E-state index contributed by atoms with van der Waals surface area (Å²) in [6.45, 7) is 16.6. The van der Waals surface area contributed by atoms with E-state index in [9.17, 15) is 14.4 Å². The molecule has 1 aromatic carbocycles. The van der Waals surface area contributed by atoms with E-state index in [4.69, 9.17) is 21.1 Å². The van der Waals surface area contributed by atoms with E-state index in [1.54, 1.807) is 40.8 Å². The molecule has 0 bridgehead atoms. The number of fused-ring (bicyclic) bond motifs is 3. The summed E-state index contributed by atoms with van der Waals surface area (Å²) in [5.74, 6) is 0. The normalized spacial score (nSPS) is 11.8. The van der Waals surface area contributed by atoms with Crippen molar-refractivity contribution in [2.24, 2.45) is 7.05 Å². The molecule has 2 N–H and O–H groups in total. The zero-order valence-corrected chi connectivity index (χ0v) is 40.9. The minimum absolute atomic E-state index is 0.0762. The van der Waals surface area contributed by atoms with E-state index in [1.807, 2.05) is 45.5 Å². The van der Waals surface area contributed by atoms with Gasteiger partial charge in [0.1, 0.15) is 24.5 Å². The number of ether oxygens (including phenoxy) is 2. The summed E-state index contributed by atoms with van der Waals surface area (Å²) in [4.78, 5) is 53.9. The van der Waals surface area contributed by atoms with Crippen LogP contribution >= 0.6 is 59.4 Å². The van der Waals surface area contributed by atoms with Gasteiger partial charge in [0.25, 0.3) is 16.7 Å². The number of hydrogen-bond donors (Lipinski definition) is 2. The molecule has 310 valence electrons. The minimum atomic E-state index is -1.09. The lowest BCUT2D eigenvalue weighted by molar-refractivity contribution is 0.0882. The molecule has 6 heterocycles. The third-order valence-corrected chi connectivity index (χ3v) is 14.5. The first-order valence-corrected chi connectivity index (χ1v) is 28.6. The first-order chi connectivity index (χ1) is 27.3. The van der Waals surface area contributed by atoms with E-state index in [0.29, 0.717) is 73.4 Å². The summed E-state index contributed by atoms with van der Waals surface area (Å²) in [6, 6.07) is 15.2. The highest BCUT2D eigenvalue weighted by atomic mass is 79.9. The molecule has 0 aliphatic heterocycles. The number of nitrogens with zero attached hydrogens (tertiary/aromatic N) is 7. The Bertz CT molecular complexity index is 2690. The maximum Gasteiger partial charge on any atom is 0.276 e. The summed E-state index contributed by atoms with van der Waals surface area (Å²) >= 11 is 16.3. The fourth-order valence-corrected chi connectivity index (χ4v) is 8.70. The van der Waals surface area contributed by atoms with Crippen LogP contribution in [0, 0.1) is 0 Å². The maximum absolute atomic E-state index is 12.3. The van der Waals surface area contributed by atoms with Gasteiger partial charge in [-0.15, -0.1) is 0 Å². The summed E-state index contributed by atoms with van der Waals surface area (Å²) in [5.41, 5.74) is 4.21. The first-order valence-electron chi connectivity index (χ1n) is 18.4. The number of halogens is 4. The van der Waals surface area contributed by atoms with Crippen molar-refractivity contribution in [2.75, 3.05) is 13.2 Å². The molecule has 7 aromatic rings. The van der Waals surface area contributed by atoms with Crippen LogP contribution in [0.4, 0.5) is 0 Å². The van der Waals surface area contributed by atoms with Crippen LogP contribution in [0.3, 0.4) is 0 Å². The SMILES string of the molecule is C[Si](C)(C)CCOCn1c(Br)nc2c(=O)[nH]ccc21.C[Si](C)(C)CCOCn1c(Br)nc2cc[nH]c(=O)c21.Cn1ccc2nc(Br)n(Cc3ccccc3Cl)c2c1=O. The molecule has 14 nitrogen and oxygen atoms in total. The predicted molar refractivity (Wildman–Crippen MR) is 248 cm³/mol. The van der Waals surface area contributed by atoms with E-state index >= 15 is 0 Å². The Morgan fingerprint density at radius 2 is 1.24 bits per heavy atom. The quantitative estimate of drug-likeness (QED) is 0.0908. The molecule has 6 aromatic heterocycles. The Labute approximate surface area is 367 Å². The number of H-pyrrole nitrogens is 2. The lowest BCUT2D eigenvalue weighted by atomic mass is 10.2. The van der Waals surface area contributed by atoms with Crippen molar-refractivity contribution in [2.45, 2.75) is 71.4 Å². The van der Waals surface area contributed by atoms with Crippen LogP contribution in [0.25, 0.3) is 33.1 Å². The molecule has 0 aliphatic rings. The van der Waals surface area contributed by atoms with Crippen LogP contribution in [0.1, 0.15) is 5.56 Å². The smallest absolute Gasteiger partial charge is 0.276 e. The lowest BCUT2D eigenvalue weighted by Gasteiger charge is -2.15. The summed E-state index contributed by atoms with van der Waals surface area (Å²) in [5, 5.41) is 0.675. The van der Waals surface area contributed by atoms with Crippen LogP contribution in [-0.2, 0) is 36.5 Å². The van der Waals surface area contributed by atoms with Crippen molar-refractivity contribution >= 4 is 109 Å². The Kier molecular flexibility index (Phi) is 15.5. The van der Waals surface area contributed by atoms with Crippen LogP contribution in [-0.4, -0.2) is 72.5 Å². The largest absolute Gasteiger partial charge is 0.361 e. The highest BCUT2D eigenvalue weighted by Gasteiger charge is 2.17. The van der Waals surface area contributed by atoms with Crippen molar-refractivity contribution in [3.8, 4) is 0 Å². The summed E-state index contributed by atoms with van der Waals surface area (Å²) in [6.07, 6.45) is 4.93. The average molecular weight is 1040 g/mol. The molecule has 20 heteroatoms. The molecule has 0 atom stereocenters. The van der Waals surface area contributed by atoms with Crippen molar-refractivity contribution < 1.29 is 9.47 Å². The van der Waals surface area contributed by atoms with Crippen molar-refractivity contribution in [1.29, 1.82) is 0 Å². The van der Waals surface area contributed by atoms with Crippen LogP contribution in [0.2, 0.25) is 56.4 Å². The molecule has 0 saturated heterocycles. The third kappa shape index (κ3) is 11.9. The fraction of sp³-hybridized carbons (Fsp3) is 0.368. The van der Waals surface area contributed by atoms with E-state index < -0.39 is 16.1 Å². The van der Waals surface area contributed by atoms with Gasteiger partial charge in [-0.1, -0.05) is 69.1 Å². The van der Waals surface area contributed by atoms with E-state index in [-0.39, 0.29) is 16.7 Å². The molecule has 0 unspecified atom stereocenters. The molecular formula is C38H47Br3ClN9O5Si2. The Balaban J connectivity index is 0.000000166. The van der Waals surface area contributed by atoms with Crippen LogP contribution in [0.15, 0.2) is 89.6 Å². The zero-order chi connectivity index (χ0) is 42.4. The van der Waals surface area contributed by atoms with Gasteiger partial charge >= 0.3 is 0 Å². The first kappa shape index (κ1) is 45.6. The van der Waals surface area contributed by atoms with Crippen LogP contribution < -0.4 is 16.7 Å². The average Bonchev–Trinajstić information content (AvgIpc) is 3.77. The number of rotatable bonds is 12. The van der Waals surface area contributed by atoms with Crippen molar-refractivity contribution in [1.82, 2.24) is 43.2 Å². The van der Waals surface area contributed by atoms with Gasteiger partial charge in [0.05, 0.1) is 23.1 Å². The number of pyridine rings is 3. The van der Waals surface area contributed by atoms with Crippen molar-refractivity contribution in [3.63, 3.8) is 0 Å². The zero-order valence-electron chi connectivity index (χ0n) is 33.4. The molecule has 0 fully saturated rings. The number of nitrogens with one attached hydrogen (secondary N) is 2. The van der Waals surface area contributed by atoms with Crippen molar-refractivity contribution in [3.05, 3.63) is 117 Å². The third-order valence-electron chi connectivity index (χ3n) is 8.90. The number of aromatic amines is 2. The molecular weight excluding hydrogens is 994 g/mol. The van der Waals surface area contributed by atoms with Gasteiger partial charge in [0.2, 0.25) is 0 Å². The topological polar surface area (TPSA) is 160 Å². The molecule has 0 amide bonds. The highest BCUT2D eigenvalue weighted by Crippen LogP contribution is 2.23. The number of hydrogen-bond acceptors (Lipinski definition) is 8. The Hall–Kier alpha value is -3.44. The van der Waals surface area contributed by atoms with E-state index in [1.165, 1.54) is 0 Å². The monoisotopic (exact) mass is 1040 g/mol. The van der Waals surface area contributed by atoms with Gasteiger partial charge in [-0.25, -0.2) is 15.0 Å². The fourth-order valence-electron chi connectivity index (χ4n) is 5.55. The lowest BCUT2D eigenvalue weighted by Crippen LogP contribution is -2.22. The summed E-state index contributed by atoms with van der Waals surface area (Å²) in [7, 11) is -0.434. The molecule has 0 saturated carbocycles. The summed E-state index contributed by atoms with van der Waals surface area (Å²) < 4.78 is 20.2. The predicted octanol–water partition coefficient (Wildman–Crippen LogP) is 8.80. The number of aromatic nitrogens is 9. The number of imidazole rings is 3. The van der Waals surface area contributed by atoms with Gasteiger partial charge in [-0.05, 0) is 89.7 Å². The Morgan fingerprint density at radius 3 is 1.88 bits per heavy atom. The standard InChI is InChI=1S/C14H11BrClN3O.2C12H18BrN3O2Si/c1-18-7-6-11-12(13(18)20)19(14(15)17-11)8-9-4-2-3-5-10(9)16;1-19(2,3)7-6-18-8-16-9-4-5-14-11(17)10(9)15-12(16)13;1-19(2,3)7-6-18-8-16-10-9(15-12(16)13)4-5-14-11(10)17/h2-7H,8H2,1H3;2*4-5H,6-8H2,1-3H3,(H,14,17). The van der Waals surface area contributed by atoms with Gasteiger partial charge in [-0.3, -0.25) is 23.5 Å². The maximum atomic E-state index is 12.3. The highest BCUT2D eigenvalue weighted by molar-refractivity contribution is 9.10. The van der Waals surface area contributed by atoms with Gasteiger partial charge in [-0.2, -0.15) is 0 Å².